The fourth-order valence-corrected chi connectivity index (χ4v) is 4.95. The van der Waals surface area contributed by atoms with E-state index in [-0.39, 0.29) is 37.9 Å². The van der Waals surface area contributed by atoms with E-state index in [9.17, 15) is 19.5 Å². The van der Waals surface area contributed by atoms with Gasteiger partial charge in [-0.25, -0.2) is 0 Å². The largest absolute Gasteiger partial charge is 0.497 e. The van der Waals surface area contributed by atoms with Gasteiger partial charge < -0.3 is 24.8 Å². The van der Waals surface area contributed by atoms with Gasteiger partial charge in [-0.3, -0.25) is 14.4 Å². The summed E-state index contributed by atoms with van der Waals surface area (Å²) in [4.78, 5) is 40.3. The Morgan fingerprint density at radius 2 is 1.40 bits per heavy atom. The summed E-state index contributed by atoms with van der Waals surface area (Å²) in [6.45, 7) is 0.566. The zero-order valence-corrected chi connectivity index (χ0v) is 24.8. The van der Waals surface area contributed by atoms with E-state index < -0.39 is 5.97 Å². The summed E-state index contributed by atoms with van der Waals surface area (Å²) in [5.74, 6) is -0.397. The van der Waals surface area contributed by atoms with Gasteiger partial charge in [0.25, 0.3) is 11.8 Å². The summed E-state index contributed by atoms with van der Waals surface area (Å²) in [6, 6.07) is 26.8. The van der Waals surface area contributed by atoms with Crippen molar-refractivity contribution in [1.82, 2.24) is 10.2 Å². The minimum Gasteiger partial charge on any atom is -0.497 e. The molecule has 0 fully saturated rings. The Morgan fingerprint density at radius 1 is 0.767 bits per heavy atom. The molecule has 8 nitrogen and oxygen atoms in total. The number of hydrogen-bond acceptors (Lipinski definition) is 5. The molecule has 0 unspecified atom stereocenters. The second-order valence-electron chi connectivity index (χ2n) is 9.81. The molecule has 0 aliphatic rings. The average Bonchev–Trinajstić information content (AvgIpc) is 3.03. The molecule has 0 aliphatic carbocycles. The number of carboxylic acid groups (broad SMARTS) is 1. The Bertz CT molecular complexity index is 1580. The third-order valence-corrected chi connectivity index (χ3v) is 7.16. The van der Waals surface area contributed by atoms with Crippen LogP contribution in [0.5, 0.6) is 11.5 Å². The summed E-state index contributed by atoms with van der Waals surface area (Å²) in [5.41, 5.74) is 3.67. The van der Waals surface area contributed by atoms with E-state index in [2.05, 4.69) is 5.32 Å². The molecular formula is C34H33ClN2O6. The molecule has 0 heterocycles. The van der Waals surface area contributed by atoms with E-state index in [0.29, 0.717) is 45.2 Å². The number of hydrogen-bond donors (Lipinski definition) is 2. The third-order valence-electron chi connectivity index (χ3n) is 6.93. The van der Waals surface area contributed by atoms with Gasteiger partial charge in [-0.2, -0.15) is 0 Å². The molecule has 0 radical (unpaired) electrons. The van der Waals surface area contributed by atoms with Gasteiger partial charge in [0.15, 0.2) is 0 Å². The number of carboxylic acids is 1. The number of rotatable bonds is 13. The smallest absolute Gasteiger partial charge is 0.305 e. The molecule has 0 aliphatic heterocycles. The van der Waals surface area contributed by atoms with Gasteiger partial charge in [-0.1, -0.05) is 60.1 Å². The molecule has 0 saturated carbocycles. The lowest BCUT2D eigenvalue weighted by atomic mass is 9.94. The summed E-state index contributed by atoms with van der Waals surface area (Å²) in [6.07, 6.45) is 0.238. The van der Waals surface area contributed by atoms with Crippen LogP contribution in [0.25, 0.3) is 11.1 Å². The maximum Gasteiger partial charge on any atom is 0.305 e. The zero-order chi connectivity index (χ0) is 30.8. The number of aliphatic carboxylic acids is 1. The molecule has 0 saturated heterocycles. The number of nitrogens with zero attached hydrogens (tertiary/aromatic N) is 1. The van der Waals surface area contributed by atoms with E-state index in [4.69, 9.17) is 21.1 Å². The molecule has 43 heavy (non-hydrogen) atoms. The second kappa shape index (κ2) is 14.9. The SMILES string of the molecule is COc1cc(CCN(CCC(=O)O)C(=O)c2ccccc2-c2ccccc2C(=O)NCc2cccc(Cl)c2)cc(OC)c1. The minimum absolute atomic E-state index is 0.0192. The van der Waals surface area contributed by atoms with Crippen LogP contribution in [0.15, 0.2) is 91.0 Å². The lowest BCUT2D eigenvalue weighted by Gasteiger charge is -2.24. The van der Waals surface area contributed by atoms with Crippen molar-refractivity contribution in [3.8, 4) is 22.6 Å². The number of ether oxygens (including phenoxy) is 2. The molecule has 222 valence electrons. The van der Waals surface area contributed by atoms with Gasteiger partial charge in [0.1, 0.15) is 11.5 Å². The van der Waals surface area contributed by atoms with E-state index in [1.165, 1.54) is 4.90 Å². The first-order valence-corrected chi connectivity index (χ1v) is 14.1. The summed E-state index contributed by atoms with van der Waals surface area (Å²) in [7, 11) is 3.13. The minimum atomic E-state index is -1.00. The topological polar surface area (TPSA) is 105 Å². The fourth-order valence-electron chi connectivity index (χ4n) is 4.74. The summed E-state index contributed by atoms with van der Waals surface area (Å²) >= 11 is 6.09. The second-order valence-corrected chi connectivity index (χ2v) is 10.2. The van der Waals surface area contributed by atoms with Crippen molar-refractivity contribution >= 4 is 29.4 Å². The molecule has 4 rings (SSSR count). The Balaban J connectivity index is 1.61. The van der Waals surface area contributed by atoms with Gasteiger partial charge in [0.05, 0.1) is 20.6 Å². The fraction of sp³-hybridized carbons (Fsp3) is 0.206. The van der Waals surface area contributed by atoms with Gasteiger partial charge in [0.2, 0.25) is 0 Å². The first-order valence-electron chi connectivity index (χ1n) is 13.7. The molecule has 2 N–H and O–H groups in total. The van der Waals surface area contributed by atoms with Crippen LogP contribution in [0, 0.1) is 0 Å². The van der Waals surface area contributed by atoms with Crippen molar-refractivity contribution in [2.24, 2.45) is 0 Å². The predicted octanol–water partition coefficient (Wildman–Crippen LogP) is 6.11. The van der Waals surface area contributed by atoms with Crippen LogP contribution in [0.3, 0.4) is 0 Å². The van der Waals surface area contributed by atoms with Crippen molar-refractivity contribution in [2.75, 3.05) is 27.3 Å². The first-order chi connectivity index (χ1) is 20.8. The Labute approximate surface area is 255 Å². The quantitative estimate of drug-likeness (QED) is 0.192. The van der Waals surface area contributed by atoms with Crippen molar-refractivity contribution in [2.45, 2.75) is 19.4 Å². The monoisotopic (exact) mass is 600 g/mol. The highest BCUT2D eigenvalue weighted by atomic mass is 35.5. The molecule has 4 aromatic carbocycles. The van der Waals surface area contributed by atoms with Gasteiger partial charge in [0, 0.05) is 41.9 Å². The van der Waals surface area contributed by atoms with Crippen LogP contribution >= 0.6 is 11.6 Å². The number of carbonyl (C=O) groups excluding carboxylic acids is 2. The molecule has 0 atom stereocenters. The number of carbonyl (C=O) groups is 3. The third kappa shape index (κ3) is 8.36. The van der Waals surface area contributed by atoms with E-state index >= 15 is 0 Å². The standard InChI is InChI=1S/C34H33ClN2O6/c1-42-26-19-23(20-27(21-26)43-2)14-16-37(17-15-32(38)39)34(41)31-13-6-4-11-29(31)28-10-3-5-12-30(28)33(40)36-22-24-8-7-9-25(35)18-24/h3-13,18-21H,14-17,22H2,1-2H3,(H,36,40)(H,38,39). The normalized spacial score (nSPS) is 10.6. The maximum absolute atomic E-state index is 14.0. The number of halogens is 1. The summed E-state index contributed by atoms with van der Waals surface area (Å²) < 4.78 is 10.7. The number of amides is 2. The van der Waals surface area contributed by atoms with Gasteiger partial charge in [-0.05, 0) is 65.1 Å². The zero-order valence-electron chi connectivity index (χ0n) is 24.0. The molecule has 0 bridgehead atoms. The van der Waals surface area contributed by atoms with Crippen molar-refractivity contribution in [3.63, 3.8) is 0 Å². The predicted molar refractivity (Wildman–Crippen MR) is 166 cm³/mol. The van der Waals surface area contributed by atoms with Crippen molar-refractivity contribution in [3.05, 3.63) is 118 Å². The molecule has 4 aromatic rings. The van der Waals surface area contributed by atoms with Crippen LogP contribution in [-0.2, 0) is 17.8 Å². The van der Waals surface area contributed by atoms with E-state index in [0.717, 1.165) is 11.1 Å². The van der Waals surface area contributed by atoms with Crippen molar-refractivity contribution in [1.29, 1.82) is 0 Å². The van der Waals surface area contributed by atoms with Gasteiger partial charge >= 0.3 is 5.97 Å². The molecule has 0 aromatic heterocycles. The lowest BCUT2D eigenvalue weighted by molar-refractivity contribution is -0.137. The number of methoxy groups -OCH3 is 2. The first kappa shape index (κ1) is 31.1. The van der Waals surface area contributed by atoms with Crippen LogP contribution < -0.4 is 14.8 Å². The Kier molecular flexibility index (Phi) is 10.8. The summed E-state index contributed by atoms with van der Waals surface area (Å²) in [5, 5.41) is 12.9. The number of nitrogens with one attached hydrogen (secondary N) is 1. The highest BCUT2D eigenvalue weighted by Crippen LogP contribution is 2.29. The van der Waals surface area contributed by atoms with Crippen LogP contribution in [0.2, 0.25) is 5.02 Å². The highest BCUT2D eigenvalue weighted by Gasteiger charge is 2.23. The molecule has 2 amide bonds. The van der Waals surface area contributed by atoms with Crippen LogP contribution in [-0.4, -0.2) is 55.1 Å². The van der Waals surface area contributed by atoms with E-state index in [1.54, 1.807) is 74.9 Å². The Hall–Kier alpha value is -4.82. The maximum atomic E-state index is 14.0. The van der Waals surface area contributed by atoms with E-state index in [1.807, 2.05) is 30.3 Å². The van der Waals surface area contributed by atoms with Gasteiger partial charge in [-0.15, -0.1) is 0 Å². The van der Waals surface area contributed by atoms with Crippen LogP contribution in [0.4, 0.5) is 0 Å². The Morgan fingerprint density at radius 3 is 2.02 bits per heavy atom. The van der Waals surface area contributed by atoms with Crippen molar-refractivity contribution < 1.29 is 29.0 Å². The average molecular weight is 601 g/mol. The molecule has 9 heteroatoms. The molecular weight excluding hydrogens is 568 g/mol. The lowest BCUT2D eigenvalue weighted by Crippen LogP contribution is -2.35. The molecule has 0 spiro atoms. The van der Waals surface area contributed by atoms with Crippen LogP contribution in [0.1, 0.15) is 38.3 Å². The highest BCUT2D eigenvalue weighted by molar-refractivity contribution is 6.30. The number of benzene rings is 4.